The summed E-state index contributed by atoms with van der Waals surface area (Å²) in [6, 6.07) is 3.67. The van der Waals surface area contributed by atoms with Gasteiger partial charge in [-0.05, 0) is 25.5 Å². The van der Waals surface area contributed by atoms with Crippen molar-refractivity contribution in [2.75, 3.05) is 19.8 Å². The van der Waals surface area contributed by atoms with E-state index in [1.54, 1.807) is 4.90 Å². The van der Waals surface area contributed by atoms with Gasteiger partial charge in [-0.3, -0.25) is 4.79 Å². The molecule has 1 aromatic rings. The van der Waals surface area contributed by atoms with Gasteiger partial charge in [0.1, 0.15) is 11.6 Å². The standard InChI is InChI=1S/C16H19F2NO3/c1-9-8-22-10(7-20)6-19(9)16(21)12-5-11(12)15-13(17)3-2-4-14(15)18/h2-4,9-12,20H,5-8H2,1H3. The molecule has 1 amide bonds. The number of carbonyl (C=O) groups excluding carboxylic acids is 1. The zero-order chi connectivity index (χ0) is 15.9. The van der Waals surface area contributed by atoms with Gasteiger partial charge in [-0.25, -0.2) is 8.78 Å². The van der Waals surface area contributed by atoms with Crippen LogP contribution in [0.15, 0.2) is 18.2 Å². The van der Waals surface area contributed by atoms with Crippen LogP contribution in [0.4, 0.5) is 8.78 Å². The first-order valence-electron chi connectivity index (χ1n) is 7.49. The van der Waals surface area contributed by atoms with Crippen LogP contribution >= 0.6 is 0 Å². The number of nitrogens with zero attached hydrogens (tertiary/aromatic N) is 1. The lowest BCUT2D eigenvalue weighted by atomic mass is 10.1. The third-order valence-electron chi connectivity index (χ3n) is 4.47. The summed E-state index contributed by atoms with van der Waals surface area (Å²) in [7, 11) is 0. The largest absolute Gasteiger partial charge is 0.394 e. The number of halogens is 2. The molecule has 1 aromatic carbocycles. The van der Waals surface area contributed by atoms with Crippen molar-refractivity contribution in [1.82, 2.24) is 4.90 Å². The first-order valence-corrected chi connectivity index (χ1v) is 7.49. The first kappa shape index (κ1) is 15.4. The van der Waals surface area contributed by atoms with E-state index >= 15 is 0 Å². The van der Waals surface area contributed by atoms with Gasteiger partial charge in [0.2, 0.25) is 5.91 Å². The molecule has 4 atom stereocenters. The lowest BCUT2D eigenvalue weighted by Crippen LogP contribution is -2.52. The number of carbonyl (C=O) groups is 1. The Kier molecular flexibility index (Phi) is 4.14. The molecule has 1 N–H and O–H groups in total. The van der Waals surface area contributed by atoms with Crippen molar-refractivity contribution < 1.29 is 23.4 Å². The Labute approximate surface area is 127 Å². The van der Waals surface area contributed by atoms with Crippen LogP contribution in [0.3, 0.4) is 0 Å². The molecule has 1 aliphatic heterocycles. The second-order valence-electron chi connectivity index (χ2n) is 6.06. The Morgan fingerprint density at radius 3 is 2.73 bits per heavy atom. The molecule has 4 nitrogen and oxygen atoms in total. The third-order valence-corrected chi connectivity index (χ3v) is 4.47. The monoisotopic (exact) mass is 311 g/mol. The Balaban J connectivity index is 1.72. The molecule has 3 rings (SSSR count). The summed E-state index contributed by atoms with van der Waals surface area (Å²) in [4.78, 5) is 14.2. The van der Waals surface area contributed by atoms with E-state index in [1.165, 1.54) is 18.2 Å². The van der Waals surface area contributed by atoms with Crippen molar-refractivity contribution in [3.63, 3.8) is 0 Å². The van der Waals surface area contributed by atoms with Crippen molar-refractivity contribution in [3.05, 3.63) is 35.4 Å². The molecule has 1 saturated heterocycles. The fraction of sp³-hybridized carbons (Fsp3) is 0.562. The number of aliphatic hydroxyl groups is 1. The Bertz CT molecular complexity index is 560. The van der Waals surface area contributed by atoms with Crippen molar-refractivity contribution >= 4 is 5.91 Å². The number of aliphatic hydroxyl groups excluding tert-OH is 1. The van der Waals surface area contributed by atoms with Gasteiger partial charge < -0.3 is 14.7 Å². The maximum Gasteiger partial charge on any atom is 0.226 e. The van der Waals surface area contributed by atoms with E-state index in [-0.39, 0.29) is 36.1 Å². The number of ether oxygens (including phenoxy) is 1. The molecule has 0 aromatic heterocycles. The molecule has 0 radical (unpaired) electrons. The van der Waals surface area contributed by atoms with Crippen LogP contribution in [0.5, 0.6) is 0 Å². The molecule has 1 aliphatic carbocycles. The van der Waals surface area contributed by atoms with E-state index in [0.29, 0.717) is 19.6 Å². The van der Waals surface area contributed by atoms with E-state index in [1.807, 2.05) is 6.92 Å². The van der Waals surface area contributed by atoms with Gasteiger partial charge >= 0.3 is 0 Å². The topological polar surface area (TPSA) is 49.8 Å². The lowest BCUT2D eigenvalue weighted by molar-refractivity contribution is -0.147. The van der Waals surface area contributed by atoms with E-state index < -0.39 is 17.6 Å². The van der Waals surface area contributed by atoms with E-state index in [9.17, 15) is 18.7 Å². The second-order valence-corrected chi connectivity index (χ2v) is 6.06. The van der Waals surface area contributed by atoms with Gasteiger partial charge in [0.15, 0.2) is 0 Å². The van der Waals surface area contributed by atoms with Gasteiger partial charge in [-0.2, -0.15) is 0 Å². The Morgan fingerprint density at radius 2 is 2.09 bits per heavy atom. The maximum absolute atomic E-state index is 13.8. The molecule has 0 bridgehead atoms. The van der Waals surface area contributed by atoms with Crippen LogP contribution in [-0.2, 0) is 9.53 Å². The molecule has 22 heavy (non-hydrogen) atoms. The SMILES string of the molecule is CC1COC(CO)CN1C(=O)C1CC1c1c(F)cccc1F. The average molecular weight is 311 g/mol. The van der Waals surface area contributed by atoms with Crippen LogP contribution < -0.4 is 0 Å². The molecule has 6 heteroatoms. The van der Waals surface area contributed by atoms with Crippen molar-refractivity contribution in [2.45, 2.75) is 31.4 Å². The van der Waals surface area contributed by atoms with Gasteiger partial charge in [0.05, 0.1) is 25.4 Å². The number of benzene rings is 1. The highest BCUT2D eigenvalue weighted by Crippen LogP contribution is 2.50. The van der Waals surface area contributed by atoms with Gasteiger partial charge in [0.25, 0.3) is 0 Å². The van der Waals surface area contributed by atoms with Crippen molar-refractivity contribution in [3.8, 4) is 0 Å². The summed E-state index contributed by atoms with van der Waals surface area (Å²) in [5, 5.41) is 9.17. The smallest absolute Gasteiger partial charge is 0.226 e. The molecule has 1 saturated carbocycles. The molecule has 1 heterocycles. The molecule has 2 aliphatic rings. The summed E-state index contributed by atoms with van der Waals surface area (Å²) in [6.07, 6.45) is 0.0763. The minimum atomic E-state index is -0.594. The van der Waals surface area contributed by atoms with Gasteiger partial charge in [-0.15, -0.1) is 0 Å². The minimum absolute atomic E-state index is 0.0143. The number of hydrogen-bond acceptors (Lipinski definition) is 3. The van der Waals surface area contributed by atoms with Crippen molar-refractivity contribution in [2.24, 2.45) is 5.92 Å². The molecular weight excluding hydrogens is 292 g/mol. The highest BCUT2D eigenvalue weighted by Gasteiger charge is 2.49. The maximum atomic E-state index is 13.8. The summed E-state index contributed by atoms with van der Waals surface area (Å²) in [6.45, 7) is 2.40. The summed E-state index contributed by atoms with van der Waals surface area (Å²) >= 11 is 0. The van der Waals surface area contributed by atoms with Crippen molar-refractivity contribution in [1.29, 1.82) is 0 Å². The predicted octanol–water partition coefficient (Wildman–Crippen LogP) is 1.68. The predicted molar refractivity (Wildman–Crippen MR) is 75.2 cm³/mol. The molecule has 120 valence electrons. The van der Waals surface area contributed by atoms with Crippen LogP contribution in [0.1, 0.15) is 24.8 Å². The summed E-state index contributed by atoms with van der Waals surface area (Å²) < 4.78 is 33.0. The normalized spacial score (nSPS) is 31.2. The average Bonchev–Trinajstić information content (AvgIpc) is 3.27. The number of morpholine rings is 1. The van der Waals surface area contributed by atoms with E-state index in [0.717, 1.165) is 0 Å². The first-order chi connectivity index (χ1) is 10.5. The molecular formula is C16H19F2NO3. The van der Waals surface area contributed by atoms with Crippen LogP contribution in [0.2, 0.25) is 0 Å². The molecule has 2 fully saturated rings. The second kappa shape index (κ2) is 5.93. The van der Waals surface area contributed by atoms with Crippen LogP contribution in [-0.4, -0.2) is 47.8 Å². The van der Waals surface area contributed by atoms with Crippen LogP contribution in [0, 0.1) is 17.6 Å². The summed E-state index contributed by atoms with van der Waals surface area (Å²) in [5.41, 5.74) is 0.0143. The quantitative estimate of drug-likeness (QED) is 0.924. The minimum Gasteiger partial charge on any atom is -0.394 e. The number of hydrogen-bond donors (Lipinski definition) is 1. The Hall–Kier alpha value is -1.53. The molecule has 0 spiro atoms. The fourth-order valence-corrected chi connectivity index (χ4v) is 3.10. The van der Waals surface area contributed by atoms with Gasteiger partial charge in [-0.1, -0.05) is 6.07 Å². The summed E-state index contributed by atoms with van der Waals surface area (Å²) in [5.74, 6) is -2.07. The van der Waals surface area contributed by atoms with Gasteiger partial charge in [0, 0.05) is 23.9 Å². The van der Waals surface area contributed by atoms with E-state index in [2.05, 4.69) is 0 Å². The zero-order valence-electron chi connectivity index (χ0n) is 12.3. The molecule has 4 unspecified atom stereocenters. The third kappa shape index (κ3) is 2.73. The number of rotatable bonds is 3. The fourth-order valence-electron chi connectivity index (χ4n) is 3.10. The van der Waals surface area contributed by atoms with E-state index in [4.69, 9.17) is 4.74 Å². The Morgan fingerprint density at radius 1 is 1.41 bits per heavy atom. The highest BCUT2D eigenvalue weighted by molar-refractivity contribution is 5.83. The highest BCUT2D eigenvalue weighted by atomic mass is 19.1. The van der Waals surface area contributed by atoms with Crippen LogP contribution in [0.25, 0.3) is 0 Å². The lowest BCUT2D eigenvalue weighted by Gasteiger charge is -2.37. The number of amides is 1. The zero-order valence-corrected chi connectivity index (χ0v) is 12.3.